The number of halogens is 4. The second-order valence-corrected chi connectivity index (χ2v) is 9.25. The van der Waals surface area contributed by atoms with Crippen LogP contribution in [0.5, 0.6) is 5.75 Å². The van der Waals surface area contributed by atoms with Crippen molar-refractivity contribution < 1.29 is 22.7 Å². The quantitative estimate of drug-likeness (QED) is 0.330. The number of hydrogen-bond acceptors (Lipinski definition) is 2. The van der Waals surface area contributed by atoms with Crippen molar-refractivity contribution in [3.05, 3.63) is 64.3 Å². The predicted octanol–water partition coefficient (Wildman–Crippen LogP) is 7.92. The van der Waals surface area contributed by atoms with Crippen molar-refractivity contribution in [2.24, 2.45) is 0 Å². The van der Waals surface area contributed by atoms with Gasteiger partial charge in [0, 0.05) is 30.6 Å². The van der Waals surface area contributed by atoms with Crippen LogP contribution < -0.4 is 4.74 Å². The fraction of sp³-hybridized carbons (Fsp3) is 0.423. The molecule has 0 saturated heterocycles. The molecule has 4 rings (SSSR count). The lowest BCUT2D eigenvalue weighted by atomic mass is 9.91. The summed E-state index contributed by atoms with van der Waals surface area (Å²) in [5.41, 5.74) is 1.18. The van der Waals surface area contributed by atoms with E-state index in [9.17, 15) is 18.0 Å². The first kappa shape index (κ1) is 23.7. The van der Waals surface area contributed by atoms with Gasteiger partial charge in [-0.25, -0.2) is 0 Å². The van der Waals surface area contributed by atoms with E-state index in [0.29, 0.717) is 34.9 Å². The van der Waals surface area contributed by atoms with Crippen LogP contribution in [-0.4, -0.2) is 10.4 Å². The van der Waals surface area contributed by atoms with Crippen molar-refractivity contribution in [1.29, 1.82) is 0 Å². The summed E-state index contributed by atoms with van der Waals surface area (Å²) >= 11 is 6.49. The van der Waals surface area contributed by atoms with Crippen LogP contribution in [0.3, 0.4) is 0 Å². The smallest absolute Gasteiger partial charge is 0.416 e. The Hall–Kier alpha value is -2.47. The van der Waals surface area contributed by atoms with Crippen molar-refractivity contribution in [2.75, 3.05) is 0 Å². The van der Waals surface area contributed by atoms with Crippen molar-refractivity contribution in [3.8, 4) is 5.75 Å². The van der Waals surface area contributed by atoms with Crippen LogP contribution in [0.2, 0.25) is 5.02 Å². The number of Topliss-reactive ketones (excluding diaryl/α,β-unsaturated/α-hetero) is 1. The van der Waals surface area contributed by atoms with Crippen LogP contribution in [0.25, 0.3) is 10.9 Å². The van der Waals surface area contributed by atoms with Crippen LogP contribution in [0.1, 0.15) is 68.1 Å². The standard InChI is InChI=1S/C26H27ClF3NO2/c1-17(32)5-4-11-31-12-10-20-14-21(15-24(27)25(20)31)33-16-18-8-9-22(19-6-2-3-7-19)23(13-18)26(28,29)30/h8-10,12-15,19H,2-7,11,16H2,1H3. The normalized spacial score (nSPS) is 14.8. The lowest BCUT2D eigenvalue weighted by Gasteiger charge is -2.19. The number of benzene rings is 2. The van der Waals surface area contributed by atoms with E-state index in [-0.39, 0.29) is 18.3 Å². The molecule has 1 saturated carbocycles. The van der Waals surface area contributed by atoms with Gasteiger partial charge in [0.05, 0.1) is 16.1 Å². The fourth-order valence-corrected chi connectivity index (χ4v) is 5.06. The van der Waals surface area contributed by atoms with E-state index in [4.69, 9.17) is 16.3 Å². The predicted molar refractivity (Wildman–Crippen MR) is 124 cm³/mol. The van der Waals surface area contributed by atoms with E-state index in [1.807, 2.05) is 22.9 Å². The molecular formula is C26H27ClF3NO2. The van der Waals surface area contributed by atoms with Crippen LogP contribution in [0.4, 0.5) is 13.2 Å². The highest BCUT2D eigenvalue weighted by Gasteiger charge is 2.36. The number of hydrogen-bond donors (Lipinski definition) is 0. The molecule has 1 aliphatic rings. The van der Waals surface area contributed by atoms with Crippen molar-refractivity contribution >= 4 is 28.3 Å². The van der Waals surface area contributed by atoms with E-state index >= 15 is 0 Å². The molecule has 2 aromatic carbocycles. The summed E-state index contributed by atoms with van der Waals surface area (Å²) in [6.45, 7) is 2.27. The molecule has 0 radical (unpaired) electrons. The van der Waals surface area contributed by atoms with Crippen molar-refractivity contribution in [3.63, 3.8) is 0 Å². The van der Waals surface area contributed by atoms with E-state index in [1.165, 1.54) is 6.07 Å². The number of carbonyl (C=O) groups is 1. The second kappa shape index (κ2) is 9.80. The van der Waals surface area contributed by atoms with Gasteiger partial charge < -0.3 is 14.1 Å². The zero-order valence-corrected chi connectivity index (χ0v) is 19.3. The number of alkyl halides is 3. The zero-order valence-electron chi connectivity index (χ0n) is 18.6. The Labute approximate surface area is 196 Å². The summed E-state index contributed by atoms with van der Waals surface area (Å²) in [6, 6.07) is 10.0. The number of ketones is 1. The summed E-state index contributed by atoms with van der Waals surface area (Å²) < 4.78 is 49.0. The third-order valence-corrected chi connectivity index (χ3v) is 6.63. The topological polar surface area (TPSA) is 31.2 Å². The maximum Gasteiger partial charge on any atom is 0.416 e. The molecule has 176 valence electrons. The van der Waals surface area contributed by atoms with Gasteiger partial charge in [0.2, 0.25) is 0 Å². The molecule has 1 aliphatic carbocycles. The summed E-state index contributed by atoms with van der Waals surface area (Å²) in [4.78, 5) is 11.2. The Morgan fingerprint density at radius 3 is 2.61 bits per heavy atom. The maximum atomic E-state index is 13.7. The number of aromatic nitrogens is 1. The Kier molecular flexibility index (Phi) is 7.03. The molecule has 3 nitrogen and oxygen atoms in total. The molecule has 0 amide bonds. The highest BCUT2D eigenvalue weighted by atomic mass is 35.5. The summed E-state index contributed by atoms with van der Waals surface area (Å²) in [5.74, 6) is 0.637. The van der Waals surface area contributed by atoms with Crippen molar-refractivity contribution in [1.82, 2.24) is 4.57 Å². The Bertz CT molecular complexity index is 1150. The van der Waals surface area contributed by atoms with Crippen LogP contribution >= 0.6 is 11.6 Å². The van der Waals surface area contributed by atoms with Crippen LogP contribution in [-0.2, 0) is 24.1 Å². The first-order chi connectivity index (χ1) is 15.7. The van der Waals surface area contributed by atoms with Gasteiger partial charge in [-0.3, -0.25) is 0 Å². The molecule has 0 spiro atoms. The average Bonchev–Trinajstić information content (AvgIpc) is 3.42. The third kappa shape index (κ3) is 5.55. The highest BCUT2D eigenvalue weighted by Crippen LogP contribution is 2.42. The minimum Gasteiger partial charge on any atom is -0.489 e. The van der Waals surface area contributed by atoms with Gasteiger partial charge in [0.15, 0.2) is 0 Å². The summed E-state index contributed by atoms with van der Waals surface area (Å²) in [7, 11) is 0. The Morgan fingerprint density at radius 2 is 1.91 bits per heavy atom. The van der Waals surface area contributed by atoms with Crippen LogP contribution in [0, 0.1) is 0 Å². The van der Waals surface area contributed by atoms with Gasteiger partial charge in [-0.05, 0) is 61.4 Å². The summed E-state index contributed by atoms with van der Waals surface area (Å²) in [5, 5.41) is 1.38. The number of fused-ring (bicyclic) bond motifs is 1. The second-order valence-electron chi connectivity index (χ2n) is 8.85. The number of rotatable bonds is 8. The van der Waals surface area contributed by atoms with Crippen molar-refractivity contribution in [2.45, 2.75) is 70.7 Å². The SMILES string of the molecule is CC(=O)CCCn1ccc2cc(OCc3ccc(C4CCCC4)c(C(F)(F)F)c3)cc(Cl)c21. The van der Waals surface area contributed by atoms with E-state index in [1.54, 1.807) is 25.1 Å². The Morgan fingerprint density at radius 1 is 1.15 bits per heavy atom. The van der Waals surface area contributed by atoms with Gasteiger partial charge >= 0.3 is 6.18 Å². The van der Waals surface area contributed by atoms with Gasteiger partial charge in [0.1, 0.15) is 18.1 Å². The molecule has 1 heterocycles. The van der Waals surface area contributed by atoms with E-state index < -0.39 is 11.7 Å². The van der Waals surface area contributed by atoms with Gasteiger partial charge in [-0.15, -0.1) is 0 Å². The highest BCUT2D eigenvalue weighted by molar-refractivity contribution is 6.35. The molecule has 1 aromatic heterocycles. The van der Waals surface area contributed by atoms with E-state index in [2.05, 4.69) is 0 Å². The maximum absolute atomic E-state index is 13.7. The molecule has 7 heteroatoms. The van der Waals surface area contributed by atoms with Gasteiger partial charge in [-0.1, -0.05) is 36.6 Å². The minimum absolute atomic E-state index is 0.0164. The van der Waals surface area contributed by atoms with E-state index in [0.717, 1.165) is 43.0 Å². The molecule has 0 aliphatic heterocycles. The number of aryl methyl sites for hydroxylation is 1. The van der Waals surface area contributed by atoms with Crippen LogP contribution in [0.15, 0.2) is 42.6 Å². The molecule has 3 aromatic rings. The molecular weight excluding hydrogens is 451 g/mol. The van der Waals surface area contributed by atoms with Gasteiger partial charge in [0.25, 0.3) is 0 Å². The molecule has 33 heavy (non-hydrogen) atoms. The monoisotopic (exact) mass is 477 g/mol. The van der Waals surface area contributed by atoms with Gasteiger partial charge in [-0.2, -0.15) is 13.2 Å². The molecule has 0 atom stereocenters. The summed E-state index contributed by atoms with van der Waals surface area (Å²) in [6.07, 6.45) is 2.35. The third-order valence-electron chi connectivity index (χ3n) is 6.34. The molecule has 0 unspecified atom stereocenters. The number of ether oxygens (including phenoxy) is 1. The fourth-order valence-electron chi connectivity index (χ4n) is 4.74. The number of carbonyl (C=O) groups excluding carboxylic acids is 1. The minimum atomic E-state index is -4.39. The molecule has 0 N–H and O–H groups in total. The Balaban J connectivity index is 1.50. The lowest BCUT2D eigenvalue weighted by molar-refractivity contribution is -0.138. The average molecular weight is 478 g/mol. The number of nitrogens with zero attached hydrogens (tertiary/aromatic N) is 1. The molecule has 0 bridgehead atoms. The lowest BCUT2D eigenvalue weighted by Crippen LogP contribution is -2.12. The first-order valence-corrected chi connectivity index (χ1v) is 11.7. The molecule has 1 fully saturated rings. The zero-order chi connectivity index (χ0) is 23.6. The largest absolute Gasteiger partial charge is 0.489 e. The first-order valence-electron chi connectivity index (χ1n) is 11.3.